The molecule has 1 aromatic carbocycles. The number of fused-ring (bicyclic) bond motifs is 5. The largest absolute Gasteiger partial charge is 0.489 e. The summed E-state index contributed by atoms with van der Waals surface area (Å²) in [5.41, 5.74) is -0.608. The Balaban J connectivity index is 1.08. The van der Waals surface area contributed by atoms with E-state index in [0.717, 1.165) is 94.0 Å². The lowest BCUT2D eigenvalue weighted by molar-refractivity contribution is -0.143. The molecular formula is C48H66N6O9S. The minimum atomic E-state index is -4.01. The molecule has 3 aliphatic heterocycles. The molecule has 16 heteroatoms. The Morgan fingerprint density at radius 1 is 0.969 bits per heavy atom. The highest BCUT2D eigenvalue weighted by Crippen LogP contribution is 2.48. The van der Waals surface area contributed by atoms with Crippen LogP contribution in [-0.2, 0) is 35.6 Å². The maximum atomic E-state index is 15.3. The lowest BCUT2D eigenvalue weighted by Gasteiger charge is -2.42. The van der Waals surface area contributed by atoms with E-state index in [2.05, 4.69) is 33.9 Å². The van der Waals surface area contributed by atoms with E-state index < -0.39 is 73.6 Å². The molecule has 0 spiro atoms. The highest BCUT2D eigenvalue weighted by molar-refractivity contribution is 7.91. The first-order valence-corrected chi connectivity index (χ1v) is 25.3. The summed E-state index contributed by atoms with van der Waals surface area (Å²) in [5, 5.41) is 6.84. The number of rotatable bonds is 9. The summed E-state index contributed by atoms with van der Waals surface area (Å²) in [6.07, 6.45) is 12.2. The maximum absolute atomic E-state index is 15.3. The highest BCUT2D eigenvalue weighted by Gasteiger charge is 2.63. The number of carbonyl (C=O) groups excluding carboxylic acids is 4. The van der Waals surface area contributed by atoms with Crippen LogP contribution in [0.4, 0.5) is 4.79 Å². The lowest BCUT2D eigenvalue weighted by Crippen LogP contribution is -2.61. The van der Waals surface area contributed by atoms with Gasteiger partial charge in [-0.3, -0.25) is 19.1 Å². The van der Waals surface area contributed by atoms with Crippen molar-refractivity contribution in [1.29, 1.82) is 0 Å². The minimum Gasteiger partial charge on any atom is -0.489 e. The van der Waals surface area contributed by atoms with Gasteiger partial charge in [-0.15, -0.1) is 6.58 Å². The van der Waals surface area contributed by atoms with Crippen molar-refractivity contribution in [3.05, 3.63) is 42.5 Å². The van der Waals surface area contributed by atoms with Gasteiger partial charge in [0.25, 0.3) is 5.91 Å². The van der Waals surface area contributed by atoms with Crippen molar-refractivity contribution in [3.8, 4) is 11.6 Å². The number of alkyl carbamates (subject to hydrolysis) is 1. The second kappa shape index (κ2) is 17.4. The van der Waals surface area contributed by atoms with E-state index in [9.17, 15) is 22.8 Å². The number of likely N-dealkylation sites (tertiary alicyclic amines) is 1. The molecule has 0 radical (unpaired) electrons. The second-order valence-electron chi connectivity index (χ2n) is 20.6. The van der Waals surface area contributed by atoms with Crippen molar-refractivity contribution in [2.45, 2.75) is 164 Å². The Morgan fingerprint density at radius 3 is 2.42 bits per heavy atom. The molecule has 7 aliphatic rings. The fourth-order valence-corrected chi connectivity index (χ4v) is 12.1. The molecule has 348 valence electrons. The van der Waals surface area contributed by atoms with Gasteiger partial charge in [0.05, 0.1) is 22.4 Å². The summed E-state index contributed by atoms with van der Waals surface area (Å²) < 4.78 is 47.6. The summed E-state index contributed by atoms with van der Waals surface area (Å²) in [4.78, 5) is 66.7. The molecule has 9 rings (SSSR count). The number of pyridine rings is 1. The summed E-state index contributed by atoms with van der Waals surface area (Å²) in [6, 6.07) is 5.78. The zero-order valence-corrected chi connectivity index (χ0v) is 38.5. The van der Waals surface area contributed by atoms with Crippen LogP contribution in [0.3, 0.4) is 0 Å². The molecule has 4 saturated carbocycles. The highest BCUT2D eigenvalue weighted by atomic mass is 32.2. The number of ether oxygens (including phenoxy) is 3. The van der Waals surface area contributed by atoms with Crippen LogP contribution in [0.25, 0.3) is 10.9 Å². The van der Waals surface area contributed by atoms with Gasteiger partial charge in [0.1, 0.15) is 41.7 Å². The van der Waals surface area contributed by atoms with E-state index in [1.807, 2.05) is 31.2 Å². The third-order valence-corrected chi connectivity index (χ3v) is 17.8. The van der Waals surface area contributed by atoms with E-state index in [0.29, 0.717) is 43.5 Å². The van der Waals surface area contributed by atoms with Crippen LogP contribution >= 0.6 is 0 Å². The Morgan fingerprint density at radius 2 is 1.70 bits per heavy atom. The van der Waals surface area contributed by atoms with Crippen LogP contribution in [-0.4, -0.2) is 114 Å². The predicted octanol–water partition coefficient (Wildman–Crippen LogP) is 5.69. The molecule has 2 aromatic rings. The van der Waals surface area contributed by atoms with E-state index in [1.54, 1.807) is 13.0 Å². The Bertz CT molecular complexity index is 2270. The van der Waals surface area contributed by atoms with Crippen LogP contribution in [0.2, 0.25) is 0 Å². The number of hydrogen-bond acceptors (Lipinski definition) is 11. The molecule has 7 atom stereocenters. The topological polar surface area (TPSA) is 186 Å². The van der Waals surface area contributed by atoms with Crippen molar-refractivity contribution in [2.24, 2.45) is 17.3 Å². The van der Waals surface area contributed by atoms with Crippen LogP contribution in [0, 0.1) is 17.3 Å². The fourth-order valence-electron chi connectivity index (χ4n) is 10.8. The molecular weight excluding hydrogens is 837 g/mol. The lowest BCUT2D eigenvalue weighted by atomic mass is 9.70. The SMILES string of the molecule is C=C[C@H]1C[C@]1(NC(=O)[C@@H]1C[C@@H]2CN1C(=O)[C@H](C1(C)CCCCC1)NC(=O)O[C@@H]1C[C@H]1CCCCCc1c(nc3ccccc3c1OC1CCN(C)CC1)O2)C(=O)NS(=O)(=O)C1(C)CC1. The molecule has 4 amide bonds. The Kier molecular flexibility index (Phi) is 12.2. The third kappa shape index (κ3) is 8.93. The molecule has 1 aromatic heterocycles. The van der Waals surface area contributed by atoms with Gasteiger partial charge in [0.2, 0.25) is 27.7 Å². The van der Waals surface area contributed by atoms with Crippen LogP contribution < -0.4 is 24.8 Å². The van der Waals surface area contributed by atoms with Gasteiger partial charge in [-0.25, -0.2) is 18.2 Å². The molecule has 2 bridgehead atoms. The summed E-state index contributed by atoms with van der Waals surface area (Å²) in [5.74, 6) is -0.966. The summed E-state index contributed by atoms with van der Waals surface area (Å²) in [6.45, 7) is 9.35. The molecule has 4 heterocycles. The summed E-state index contributed by atoms with van der Waals surface area (Å²) >= 11 is 0. The van der Waals surface area contributed by atoms with Gasteiger partial charge in [0, 0.05) is 30.8 Å². The van der Waals surface area contributed by atoms with Gasteiger partial charge in [-0.05, 0) is 108 Å². The van der Waals surface area contributed by atoms with Gasteiger partial charge in [-0.1, -0.05) is 57.2 Å². The van der Waals surface area contributed by atoms with E-state index in [-0.39, 0.29) is 37.5 Å². The average Bonchev–Trinajstić information content (AvgIpc) is 4.23. The molecule has 15 nitrogen and oxygen atoms in total. The smallest absolute Gasteiger partial charge is 0.408 e. The number of para-hydroxylation sites is 1. The van der Waals surface area contributed by atoms with Gasteiger partial charge < -0.3 is 34.6 Å². The molecule has 2 saturated heterocycles. The predicted molar refractivity (Wildman–Crippen MR) is 240 cm³/mol. The number of nitrogens with one attached hydrogen (secondary N) is 3. The number of nitrogens with zero attached hydrogens (tertiary/aromatic N) is 3. The maximum Gasteiger partial charge on any atom is 0.408 e. The molecule has 3 N–H and O–H groups in total. The van der Waals surface area contributed by atoms with Gasteiger partial charge >= 0.3 is 6.09 Å². The first-order valence-electron chi connectivity index (χ1n) is 23.8. The molecule has 64 heavy (non-hydrogen) atoms. The Hall–Kier alpha value is -4.44. The average molecular weight is 903 g/mol. The van der Waals surface area contributed by atoms with Gasteiger partial charge in [-0.2, -0.15) is 0 Å². The number of amides is 4. The first-order chi connectivity index (χ1) is 30.6. The van der Waals surface area contributed by atoms with Crippen molar-refractivity contribution >= 4 is 44.7 Å². The fraction of sp³-hybridized carbons (Fsp3) is 0.688. The number of aromatic nitrogens is 1. The van der Waals surface area contributed by atoms with Crippen LogP contribution in [0.15, 0.2) is 36.9 Å². The zero-order valence-electron chi connectivity index (χ0n) is 37.7. The third-order valence-electron chi connectivity index (χ3n) is 15.7. The number of piperidine rings is 1. The van der Waals surface area contributed by atoms with E-state index in [4.69, 9.17) is 19.2 Å². The van der Waals surface area contributed by atoms with Crippen molar-refractivity contribution in [2.75, 3.05) is 26.7 Å². The zero-order chi connectivity index (χ0) is 45.0. The van der Waals surface area contributed by atoms with Gasteiger partial charge in [0.15, 0.2) is 0 Å². The number of benzene rings is 1. The standard InChI is InChI=1S/C48H66N6O9S/c1-5-31-28-48(31,44(57)52-64(59,60)47(3)22-23-47)51-41(55)37-27-33-29-54(37)43(56)40(46(2)20-12-7-13-21-46)50-45(58)63-38-26-30(38)14-8-6-9-16-35-39(61-32-18-24-53(4)25-19-32)34-15-10-11-17-36(34)49-42(35)62-33/h5,10-11,15,17,30-33,37-38,40H,1,6-9,12-14,16,18-29H2,2-4H3,(H,50,58)(H,51,55)(H,52,57)/t30-,31+,33-,37+,38-,40-,48-/m1/s1. The number of hydrogen-bond donors (Lipinski definition) is 3. The molecule has 6 fully saturated rings. The molecule has 4 aliphatic carbocycles. The second-order valence-corrected chi connectivity index (χ2v) is 22.8. The Labute approximate surface area is 377 Å². The summed E-state index contributed by atoms with van der Waals surface area (Å²) in [7, 11) is -1.89. The van der Waals surface area contributed by atoms with E-state index >= 15 is 4.79 Å². The van der Waals surface area contributed by atoms with Crippen molar-refractivity contribution in [1.82, 2.24) is 30.1 Å². The van der Waals surface area contributed by atoms with Crippen molar-refractivity contribution in [3.63, 3.8) is 0 Å². The molecule has 0 unspecified atom stereocenters. The monoisotopic (exact) mass is 902 g/mol. The van der Waals surface area contributed by atoms with E-state index in [1.165, 1.54) is 4.90 Å². The normalized spacial score (nSPS) is 32.0. The number of sulfonamides is 1. The quantitative estimate of drug-likeness (QED) is 0.263. The van der Waals surface area contributed by atoms with Crippen LogP contribution in [0.1, 0.15) is 122 Å². The van der Waals surface area contributed by atoms with Crippen molar-refractivity contribution < 1.29 is 41.8 Å². The number of carbonyl (C=O) groups is 4. The van der Waals surface area contributed by atoms with Crippen LogP contribution in [0.5, 0.6) is 11.6 Å². The first kappa shape index (κ1) is 44.7. The minimum absolute atomic E-state index is 0.000834.